The number of piperazine rings is 1. The summed E-state index contributed by atoms with van der Waals surface area (Å²) in [7, 11) is 0. The number of rotatable bonds is 9. The fraction of sp³-hybridized carbons (Fsp3) is 0.310. The lowest BCUT2D eigenvalue weighted by Crippen LogP contribution is -2.45. The second-order valence-corrected chi connectivity index (χ2v) is 8.83. The highest BCUT2D eigenvalue weighted by molar-refractivity contribution is 6.00. The summed E-state index contributed by atoms with van der Waals surface area (Å²) in [5.74, 6) is 0.610. The molecule has 0 aromatic heterocycles. The molecule has 1 aliphatic heterocycles. The summed E-state index contributed by atoms with van der Waals surface area (Å²) in [6.45, 7) is 10.6. The standard InChI is InChI=1S/C29H34N4O2/c1-3-35-28-15-13-26(14-16-28)23(2)30-31-29(34)27-11-9-25(10-12-27)22-33-19-17-32(18-20-33)21-24-7-5-4-6-8-24/h4-16H,3,17-22H2,1-2H3,(H,31,34)/b30-23-. The van der Waals surface area contributed by atoms with Crippen LogP contribution in [0, 0.1) is 0 Å². The minimum absolute atomic E-state index is 0.212. The molecule has 1 aliphatic rings. The molecule has 1 N–H and O–H groups in total. The van der Waals surface area contributed by atoms with Crippen molar-refractivity contribution < 1.29 is 9.53 Å². The first-order chi connectivity index (χ1) is 17.1. The zero-order valence-electron chi connectivity index (χ0n) is 20.6. The molecule has 0 unspecified atom stereocenters. The van der Waals surface area contributed by atoms with Crippen LogP contribution in [0.2, 0.25) is 0 Å². The van der Waals surface area contributed by atoms with Crippen molar-refractivity contribution >= 4 is 11.6 Å². The highest BCUT2D eigenvalue weighted by atomic mass is 16.5. The van der Waals surface area contributed by atoms with E-state index in [0.717, 1.165) is 56.3 Å². The second-order valence-electron chi connectivity index (χ2n) is 8.83. The molecular formula is C29H34N4O2. The SMILES string of the molecule is CCOc1ccc(/C(C)=N\NC(=O)c2ccc(CN3CCN(Cc4ccccc4)CC3)cc2)cc1. The summed E-state index contributed by atoms with van der Waals surface area (Å²) in [5, 5.41) is 4.26. The van der Waals surface area contributed by atoms with Crippen molar-refractivity contribution in [1.29, 1.82) is 0 Å². The topological polar surface area (TPSA) is 57.2 Å². The van der Waals surface area contributed by atoms with E-state index in [0.29, 0.717) is 12.2 Å². The Labute approximate surface area is 208 Å². The van der Waals surface area contributed by atoms with Gasteiger partial charge in [-0.25, -0.2) is 5.43 Å². The quantitative estimate of drug-likeness (QED) is 0.368. The van der Waals surface area contributed by atoms with Gasteiger partial charge in [0.1, 0.15) is 5.75 Å². The molecule has 182 valence electrons. The van der Waals surface area contributed by atoms with Crippen LogP contribution in [-0.4, -0.2) is 54.2 Å². The number of hydrogen-bond acceptors (Lipinski definition) is 5. The van der Waals surface area contributed by atoms with Crippen molar-refractivity contribution in [2.24, 2.45) is 5.10 Å². The Hall–Kier alpha value is -3.48. The zero-order chi connectivity index (χ0) is 24.5. The first-order valence-corrected chi connectivity index (χ1v) is 12.3. The summed E-state index contributed by atoms with van der Waals surface area (Å²) in [6.07, 6.45) is 0. The largest absolute Gasteiger partial charge is 0.494 e. The molecule has 0 spiro atoms. The molecule has 1 saturated heterocycles. The third kappa shape index (κ3) is 7.25. The minimum Gasteiger partial charge on any atom is -0.494 e. The summed E-state index contributed by atoms with van der Waals surface area (Å²) >= 11 is 0. The van der Waals surface area contributed by atoms with Crippen LogP contribution in [0.15, 0.2) is 84.0 Å². The van der Waals surface area contributed by atoms with Gasteiger partial charge >= 0.3 is 0 Å². The van der Waals surface area contributed by atoms with E-state index in [1.165, 1.54) is 11.1 Å². The second kappa shape index (κ2) is 12.3. The maximum absolute atomic E-state index is 12.6. The molecule has 3 aromatic carbocycles. The third-order valence-electron chi connectivity index (χ3n) is 6.24. The molecular weight excluding hydrogens is 436 g/mol. The van der Waals surface area contributed by atoms with E-state index in [-0.39, 0.29) is 5.91 Å². The van der Waals surface area contributed by atoms with Crippen LogP contribution in [-0.2, 0) is 13.1 Å². The van der Waals surface area contributed by atoms with Gasteiger partial charge in [-0.1, -0.05) is 42.5 Å². The molecule has 6 heteroatoms. The van der Waals surface area contributed by atoms with Crippen LogP contribution in [0.5, 0.6) is 5.75 Å². The molecule has 1 heterocycles. The van der Waals surface area contributed by atoms with Crippen molar-refractivity contribution in [3.05, 3.63) is 101 Å². The van der Waals surface area contributed by atoms with E-state index in [4.69, 9.17) is 4.74 Å². The molecule has 35 heavy (non-hydrogen) atoms. The Morgan fingerprint density at radius 3 is 1.91 bits per heavy atom. The lowest BCUT2D eigenvalue weighted by molar-refractivity contribution is 0.0954. The maximum atomic E-state index is 12.6. The molecule has 0 bridgehead atoms. The van der Waals surface area contributed by atoms with E-state index in [2.05, 4.69) is 50.7 Å². The van der Waals surface area contributed by atoms with Crippen LogP contribution in [0.1, 0.15) is 40.9 Å². The number of benzene rings is 3. The number of hydrogen-bond donors (Lipinski definition) is 1. The van der Waals surface area contributed by atoms with Crippen LogP contribution >= 0.6 is 0 Å². The number of nitrogens with one attached hydrogen (secondary N) is 1. The van der Waals surface area contributed by atoms with Gasteiger partial charge in [-0.2, -0.15) is 5.10 Å². The van der Waals surface area contributed by atoms with Crippen LogP contribution in [0.25, 0.3) is 0 Å². The van der Waals surface area contributed by atoms with Crippen molar-refractivity contribution in [1.82, 2.24) is 15.2 Å². The van der Waals surface area contributed by atoms with Gasteiger partial charge in [-0.05, 0) is 66.9 Å². The van der Waals surface area contributed by atoms with Crippen LogP contribution < -0.4 is 10.2 Å². The summed E-state index contributed by atoms with van der Waals surface area (Å²) in [4.78, 5) is 17.5. The number of carbonyl (C=O) groups excluding carboxylic acids is 1. The van der Waals surface area contributed by atoms with E-state index < -0.39 is 0 Å². The molecule has 0 radical (unpaired) electrons. The Morgan fingerprint density at radius 1 is 0.800 bits per heavy atom. The van der Waals surface area contributed by atoms with Crippen molar-refractivity contribution in [3.63, 3.8) is 0 Å². The normalized spacial score (nSPS) is 15.1. The van der Waals surface area contributed by atoms with E-state index >= 15 is 0 Å². The zero-order valence-corrected chi connectivity index (χ0v) is 20.6. The van der Waals surface area contributed by atoms with Gasteiger partial charge in [-0.15, -0.1) is 0 Å². The number of ether oxygens (including phenoxy) is 1. The predicted octanol–water partition coefficient (Wildman–Crippen LogP) is 4.56. The predicted molar refractivity (Wildman–Crippen MR) is 141 cm³/mol. The van der Waals surface area contributed by atoms with Gasteiger partial charge < -0.3 is 4.74 Å². The van der Waals surface area contributed by atoms with Gasteiger partial charge in [-0.3, -0.25) is 14.6 Å². The maximum Gasteiger partial charge on any atom is 0.271 e. The lowest BCUT2D eigenvalue weighted by atomic mass is 10.1. The summed E-state index contributed by atoms with van der Waals surface area (Å²) in [6, 6.07) is 26.2. The summed E-state index contributed by atoms with van der Waals surface area (Å²) < 4.78 is 5.47. The molecule has 3 aromatic rings. The molecule has 1 amide bonds. The smallest absolute Gasteiger partial charge is 0.271 e. The molecule has 6 nitrogen and oxygen atoms in total. The van der Waals surface area contributed by atoms with Crippen molar-refractivity contribution in [3.8, 4) is 5.75 Å². The number of carbonyl (C=O) groups is 1. The van der Waals surface area contributed by atoms with Crippen molar-refractivity contribution in [2.45, 2.75) is 26.9 Å². The Kier molecular flexibility index (Phi) is 8.65. The molecule has 4 rings (SSSR count). The van der Waals surface area contributed by atoms with Gasteiger partial charge in [0.25, 0.3) is 5.91 Å². The fourth-order valence-electron chi connectivity index (χ4n) is 4.19. The van der Waals surface area contributed by atoms with E-state index in [9.17, 15) is 4.79 Å². The van der Waals surface area contributed by atoms with Gasteiger partial charge in [0.15, 0.2) is 0 Å². The molecule has 1 fully saturated rings. The monoisotopic (exact) mass is 470 g/mol. The Balaban J connectivity index is 1.24. The first-order valence-electron chi connectivity index (χ1n) is 12.3. The van der Waals surface area contributed by atoms with E-state index in [1.54, 1.807) is 0 Å². The number of nitrogens with zero attached hydrogens (tertiary/aromatic N) is 3. The Morgan fingerprint density at radius 2 is 1.34 bits per heavy atom. The third-order valence-corrected chi connectivity index (χ3v) is 6.24. The average Bonchev–Trinajstić information content (AvgIpc) is 2.90. The van der Waals surface area contributed by atoms with Crippen LogP contribution in [0.3, 0.4) is 0 Å². The minimum atomic E-state index is -0.212. The van der Waals surface area contributed by atoms with E-state index in [1.807, 2.05) is 62.4 Å². The first kappa shape index (κ1) is 24.6. The molecule has 0 saturated carbocycles. The van der Waals surface area contributed by atoms with Gasteiger partial charge in [0.05, 0.1) is 12.3 Å². The van der Waals surface area contributed by atoms with Crippen LogP contribution in [0.4, 0.5) is 0 Å². The molecule has 0 atom stereocenters. The van der Waals surface area contributed by atoms with Crippen molar-refractivity contribution in [2.75, 3.05) is 32.8 Å². The van der Waals surface area contributed by atoms with Gasteiger partial charge in [0, 0.05) is 44.8 Å². The lowest BCUT2D eigenvalue weighted by Gasteiger charge is -2.34. The summed E-state index contributed by atoms with van der Waals surface area (Å²) in [5.41, 5.74) is 7.53. The van der Waals surface area contributed by atoms with Gasteiger partial charge in [0.2, 0.25) is 0 Å². The number of hydrazone groups is 1. The Bertz CT molecular complexity index is 1100. The molecule has 0 aliphatic carbocycles. The number of amides is 1. The highest BCUT2D eigenvalue weighted by Gasteiger charge is 2.17. The fourth-order valence-corrected chi connectivity index (χ4v) is 4.19. The highest BCUT2D eigenvalue weighted by Crippen LogP contribution is 2.14. The average molecular weight is 471 g/mol.